The quantitative estimate of drug-likeness (QED) is 0.428. The van der Waals surface area contributed by atoms with E-state index < -0.39 is 0 Å². The summed E-state index contributed by atoms with van der Waals surface area (Å²) >= 11 is 6.07. The highest BCUT2D eigenvalue weighted by Gasteiger charge is 2.26. The Balaban J connectivity index is 1.51. The van der Waals surface area contributed by atoms with E-state index in [4.69, 9.17) is 16.3 Å². The Morgan fingerprint density at radius 2 is 1.76 bits per heavy atom. The second-order valence-electron chi connectivity index (χ2n) is 7.45. The molecule has 8 heteroatoms. The van der Waals surface area contributed by atoms with Crippen molar-refractivity contribution in [1.82, 2.24) is 14.8 Å². The van der Waals surface area contributed by atoms with E-state index in [9.17, 15) is 4.79 Å². The molecule has 33 heavy (non-hydrogen) atoms. The van der Waals surface area contributed by atoms with Crippen LogP contribution in [0.3, 0.4) is 0 Å². The summed E-state index contributed by atoms with van der Waals surface area (Å²) in [6.45, 7) is 0. The summed E-state index contributed by atoms with van der Waals surface area (Å²) in [7, 11) is 1.63. The number of nitrogens with one attached hydrogen (secondary N) is 2. The van der Waals surface area contributed by atoms with Gasteiger partial charge in [-0.3, -0.25) is 10.1 Å². The van der Waals surface area contributed by atoms with Gasteiger partial charge in [0.2, 0.25) is 5.95 Å². The highest BCUT2D eigenvalue weighted by Crippen LogP contribution is 2.34. The lowest BCUT2D eigenvalue weighted by Crippen LogP contribution is -2.20. The van der Waals surface area contributed by atoms with Crippen LogP contribution in [0.4, 0.5) is 11.9 Å². The number of hydrogen-bond donors (Lipinski definition) is 2. The number of halogens is 1. The van der Waals surface area contributed by atoms with Gasteiger partial charge in [0.15, 0.2) is 0 Å². The number of amides is 1. The number of anilines is 2. The van der Waals surface area contributed by atoms with Crippen LogP contribution in [-0.2, 0) is 0 Å². The number of aromatic nitrogens is 3. The van der Waals surface area contributed by atoms with Gasteiger partial charge in [0.05, 0.1) is 7.11 Å². The molecule has 0 saturated heterocycles. The lowest BCUT2D eigenvalue weighted by molar-refractivity contribution is 0.102. The summed E-state index contributed by atoms with van der Waals surface area (Å²) < 4.78 is 7.05. The van der Waals surface area contributed by atoms with Crippen molar-refractivity contribution in [2.45, 2.75) is 6.04 Å². The van der Waals surface area contributed by atoms with Crippen LogP contribution in [0.2, 0.25) is 5.02 Å². The predicted molar refractivity (Wildman–Crippen MR) is 129 cm³/mol. The zero-order chi connectivity index (χ0) is 22.8. The number of benzene rings is 3. The lowest BCUT2D eigenvalue weighted by atomic mass is 10.0. The van der Waals surface area contributed by atoms with E-state index >= 15 is 0 Å². The minimum Gasteiger partial charge on any atom is -0.497 e. The van der Waals surface area contributed by atoms with Crippen LogP contribution in [0.5, 0.6) is 5.75 Å². The number of ether oxygens (including phenoxy) is 1. The molecule has 0 fully saturated rings. The third-order valence-corrected chi connectivity index (χ3v) is 5.59. The highest BCUT2D eigenvalue weighted by molar-refractivity contribution is 6.30. The summed E-state index contributed by atoms with van der Waals surface area (Å²) in [6, 6.07) is 24.1. The molecular weight excluding hydrogens is 438 g/mol. The van der Waals surface area contributed by atoms with Crippen molar-refractivity contribution < 1.29 is 9.53 Å². The molecule has 1 unspecified atom stereocenters. The maximum absolute atomic E-state index is 12.6. The van der Waals surface area contributed by atoms with Crippen molar-refractivity contribution in [3.05, 3.63) is 107 Å². The number of rotatable bonds is 5. The van der Waals surface area contributed by atoms with Crippen LogP contribution in [0, 0.1) is 0 Å². The number of carbonyl (C=O) groups excluding carboxylic acids is 1. The maximum Gasteiger partial charge on any atom is 0.258 e. The Hall–Kier alpha value is -4.10. The molecule has 0 radical (unpaired) electrons. The minimum absolute atomic E-state index is 0.218. The van der Waals surface area contributed by atoms with Crippen molar-refractivity contribution in [3.63, 3.8) is 0 Å². The summed E-state index contributed by atoms with van der Waals surface area (Å²) in [5.74, 6) is 1.23. The monoisotopic (exact) mass is 457 g/mol. The van der Waals surface area contributed by atoms with Gasteiger partial charge < -0.3 is 10.1 Å². The molecule has 0 aliphatic carbocycles. The molecule has 1 amide bonds. The molecule has 1 aliphatic rings. The third-order valence-electron chi connectivity index (χ3n) is 5.34. The molecule has 1 aliphatic heterocycles. The molecule has 2 N–H and O–H groups in total. The minimum atomic E-state index is -0.273. The second-order valence-corrected chi connectivity index (χ2v) is 7.89. The summed E-state index contributed by atoms with van der Waals surface area (Å²) in [6.07, 6.45) is 2.07. The van der Waals surface area contributed by atoms with Gasteiger partial charge >= 0.3 is 0 Å². The Labute approximate surface area is 195 Å². The highest BCUT2D eigenvalue weighted by atomic mass is 35.5. The maximum atomic E-state index is 12.6. The van der Waals surface area contributed by atoms with Crippen molar-refractivity contribution in [1.29, 1.82) is 0 Å². The molecule has 0 bridgehead atoms. The van der Waals surface area contributed by atoms with Gasteiger partial charge in [0.25, 0.3) is 11.9 Å². The number of fused-ring (bicyclic) bond motifs is 1. The second kappa shape index (κ2) is 8.80. The van der Waals surface area contributed by atoms with E-state index in [0.29, 0.717) is 16.5 Å². The van der Waals surface area contributed by atoms with Crippen molar-refractivity contribution in [2.24, 2.45) is 0 Å². The van der Waals surface area contributed by atoms with Crippen LogP contribution < -0.4 is 15.4 Å². The SMILES string of the molecule is COc1ccc(C2C=C(c3ccc(Cl)cc3)Nc3nc(NC(=O)c4ccccc4)nn32)cc1. The molecule has 1 atom stereocenters. The molecule has 0 spiro atoms. The van der Waals surface area contributed by atoms with Crippen LogP contribution in [-0.4, -0.2) is 27.8 Å². The van der Waals surface area contributed by atoms with E-state index in [-0.39, 0.29) is 17.9 Å². The average molecular weight is 458 g/mol. The van der Waals surface area contributed by atoms with Crippen molar-refractivity contribution in [2.75, 3.05) is 17.7 Å². The molecule has 2 heterocycles. The molecular formula is C25H20ClN5O2. The van der Waals surface area contributed by atoms with Crippen LogP contribution >= 0.6 is 11.6 Å². The summed E-state index contributed by atoms with van der Waals surface area (Å²) in [5.41, 5.74) is 3.36. The first kappa shape index (κ1) is 20.8. The average Bonchev–Trinajstić information content (AvgIpc) is 3.27. The van der Waals surface area contributed by atoms with Crippen LogP contribution in [0.25, 0.3) is 5.70 Å². The predicted octanol–water partition coefficient (Wildman–Crippen LogP) is 5.25. The number of methoxy groups -OCH3 is 1. The van der Waals surface area contributed by atoms with E-state index in [0.717, 1.165) is 22.6 Å². The Bertz CT molecular complexity index is 1320. The third kappa shape index (κ3) is 4.31. The lowest BCUT2D eigenvalue weighted by Gasteiger charge is -2.24. The Kier molecular flexibility index (Phi) is 5.54. The van der Waals surface area contributed by atoms with E-state index in [2.05, 4.69) is 26.8 Å². The van der Waals surface area contributed by atoms with Gasteiger partial charge in [-0.15, -0.1) is 5.10 Å². The van der Waals surface area contributed by atoms with E-state index in [1.807, 2.05) is 66.7 Å². The van der Waals surface area contributed by atoms with Gasteiger partial charge in [-0.2, -0.15) is 4.98 Å². The van der Waals surface area contributed by atoms with E-state index in [1.54, 1.807) is 23.9 Å². The summed E-state index contributed by atoms with van der Waals surface area (Å²) in [4.78, 5) is 17.1. The molecule has 1 aromatic heterocycles. The zero-order valence-electron chi connectivity index (χ0n) is 17.7. The molecule has 5 rings (SSSR count). The Morgan fingerprint density at radius 1 is 1.03 bits per heavy atom. The summed E-state index contributed by atoms with van der Waals surface area (Å²) in [5, 5.41) is 11.3. The number of carbonyl (C=O) groups is 1. The number of nitrogens with zero attached hydrogens (tertiary/aromatic N) is 3. The fourth-order valence-corrected chi connectivity index (χ4v) is 3.77. The first-order valence-electron chi connectivity index (χ1n) is 10.3. The zero-order valence-corrected chi connectivity index (χ0v) is 18.5. The van der Waals surface area contributed by atoms with Crippen LogP contribution in [0.1, 0.15) is 27.5 Å². The standard InChI is InChI=1S/C25H20ClN5O2/c1-33-20-13-9-17(10-14-20)22-15-21(16-7-11-19(26)12-8-16)27-25-29-24(30-31(22)25)28-23(32)18-5-3-2-4-6-18/h2-15,22H,1H3,(H2,27,28,29,30,32). The Morgan fingerprint density at radius 3 is 2.45 bits per heavy atom. The fourth-order valence-electron chi connectivity index (χ4n) is 3.65. The van der Waals surface area contributed by atoms with Gasteiger partial charge in [-0.25, -0.2) is 4.68 Å². The topological polar surface area (TPSA) is 81.1 Å². The van der Waals surface area contributed by atoms with Crippen molar-refractivity contribution in [3.8, 4) is 5.75 Å². The number of hydrogen-bond acceptors (Lipinski definition) is 5. The fraction of sp³-hybridized carbons (Fsp3) is 0.0800. The molecule has 7 nitrogen and oxygen atoms in total. The normalized spacial score (nSPS) is 14.6. The van der Waals surface area contributed by atoms with Gasteiger partial charge in [0, 0.05) is 16.3 Å². The van der Waals surface area contributed by atoms with Crippen LogP contribution in [0.15, 0.2) is 84.9 Å². The largest absolute Gasteiger partial charge is 0.497 e. The first-order chi connectivity index (χ1) is 16.1. The van der Waals surface area contributed by atoms with E-state index in [1.165, 1.54) is 0 Å². The molecule has 4 aromatic rings. The first-order valence-corrected chi connectivity index (χ1v) is 10.7. The van der Waals surface area contributed by atoms with Gasteiger partial charge in [0.1, 0.15) is 11.8 Å². The molecule has 0 saturated carbocycles. The smallest absolute Gasteiger partial charge is 0.258 e. The molecule has 3 aromatic carbocycles. The number of allylic oxidation sites excluding steroid dienone is 1. The van der Waals surface area contributed by atoms with Gasteiger partial charge in [-0.1, -0.05) is 54.1 Å². The molecule has 164 valence electrons. The van der Waals surface area contributed by atoms with Gasteiger partial charge in [-0.05, 0) is 53.6 Å². The van der Waals surface area contributed by atoms with Crippen molar-refractivity contribution >= 4 is 35.1 Å².